The topological polar surface area (TPSA) is 114 Å². The Morgan fingerprint density at radius 3 is 2.28 bits per heavy atom. The number of carbonyl (C=O) groups is 2. The van der Waals surface area contributed by atoms with Crippen molar-refractivity contribution < 1.29 is 22.7 Å². The van der Waals surface area contributed by atoms with Crippen molar-refractivity contribution in [3.05, 3.63) is 94.5 Å². The largest absolute Gasteiger partial charge is 0.423 e. The lowest BCUT2D eigenvalue weighted by Gasteiger charge is -2.20. The molecule has 188 valence electrons. The van der Waals surface area contributed by atoms with Crippen LogP contribution in [-0.4, -0.2) is 32.6 Å². The molecule has 1 amide bonds. The third-order valence-corrected chi connectivity index (χ3v) is 6.79. The van der Waals surface area contributed by atoms with Crippen molar-refractivity contribution in [2.75, 3.05) is 0 Å². The molecule has 0 spiro atoms. The normalized spacial score (nSPS) is 12.5. The van der Waals surface area contributed by atoms with Crippen molar-refractivity contribution in [2.24, 2.45) is 11.0 Å². The molecular formula is C26H26ClN3O5S. The average molecular weight is 528 g/mol. The molecule has 1 atom stereocenters. The van der Waals surface area contributed by atoms with Gasteiger partial charge in [0.05, 0.1) is 16.7 Å². The van der Waals surface area contributed by atoms with Gasteiger partial charge in [0, 0.05) is 5.02 Å². The summed E-state index contributed by atoms with van der Waals surface area (Å²) in [6, 6.07) is 18.2. The lowest BCUT2D eigenvalue weighted by Crippen LogP contribution is -2.48. The first-order valence-electron chi connectivity index (χ1n) is 11.0. The predicted molar refractivity (Wildman–Crippen MR) is 139 cm³/mol. The smallest absolute Gasteiger partial charge is 0.343 e. The standard InChI is InChI=1S/C26H26ClN3O5S/c1-17(2)24(30-36(33,34)23-13-7-18(3)8-14-23)25(31)29-28-16-19-9-11-22(12-10-19)35-26(32)20-5-4-6-21(27)15-20/h4-17,24,30H,1-3H3,(H,29,31)/b28-16-/t24-/m1/s1. The molecule has 0 bridgehead atoms. The van der Waals surface area contributed by atoms with Crippen molar-refractivity contribution in [1.29, 1.82) is 0 Å². The van der Waals surface area contributed by atoms with E-state index in [0.29, 0.717) is 21.9 Å². The molecule has 0 aliphatic heterocycles. The Labute approximate surface area is 215 Å². The number of sulfonamides is 1. The minimum Gasteiger partial charge on any atom is -0.423 e. The van der Waals surface area contributed by atoms with E-state index in [9.17, 15) is 18.0 Å². The second-order valence-electron chi connectivity index (χ2n) is 8.36. The number of rotatable bonds is 9. The third-order valence-electron chi connectivity index (χ3n) is 5.10. The fourth-order valence-electron chi connectivity index (χ4n) is 3.09. The SMILES string of the molecule is Cc1ccc(S(=O)(=O)N[C@@H](C(=O)N/N=C\c2ccc(OC(=O)c3cccc(Cl)c3)cc2)C(C)C)cc1. The van der Waals surface area contributed by atoms with Crippen molar-refractivity contribution >= 4 is 39.7 Å². The van der Waals surface area contributed by atoms with Crippen LogP contribution >= 0.6 is 11.6 Å². The number of aryl methyl sites for hydroxylation is 1. The van der Waals surface area contributed by atoms with Gasteiger partial charge < -0.3 is 4.74 Å². The number of benzene rings is 3. The number of hydrogen-bond donors (Lipinski definition) is 2. The highest BCUT2D eigenvalue weighted by Crippen LogP contribution is 2.16. The van der Waals surface area contributed by atoms with Gasteiger partial charge in [-0.05, 0) is 73.0 Å². The van der Waals surface area contributed by atoms with E-state index >= 15 is 0 Å². The van der Waals surface area contributed by atoms with Crippen LogP contribution in [-0.2, 0) is 14.8 Å². The quantitative estimate of drug-likeness (QED) is 0.186. The maximum atomic E-state index is 12.7. The van der Waals surface area contributed by atoms with E-state index in [1.54, 1.807) is 68.4 Å². The predicted octanol–water partition coefficient (Wildman–Crippen LogP) is 4.32. The molecular weight excluding hydrogens is 502 g/mol. The van der Waals surface area contributed by atoms with Crippen LogP contribution in [0.5, 0.6) is 5.75 Å². The van der Waals surface area contributed by atoms with Crippen molar-refractivity contribution in [1.82, 2.24) is 10.1 Å². The number of amides is 1. The van der Waals surface area contributed by atoms with Crippen LogP contribution in [0, 0.1) is 12.8 Å². The Hall–Kier alpha value is -3.53. The minimum atomic E-state index is -3.89. The summed E-state index contributed by atoms with van der Waals surface area (Å²) in [6.07, 6.45) is 1.40. The maximum absolute atomic E-state index is 12.7. The molecule has 0 aliphatic rings. The zero-order valence-electron chi connectivity index (χ0n) is 19.9. The molecule has 3 aromatic rings. The molecule has 0 saturated carbocycles. The Balaban J connectivity index is 1.59. The van der Waals surface area contributed by atoms with Gasteiger partial charge in [-0.25, -0.2) is 18.6 Å². The van der Waals surface area contributed by atoms with Gasteiger partial charge >= 0.3 is 5.97 Å². The molecule has 0 fully saturated rings. The van der Waals surface area contributed by atoms with Crippen LogP contribution in [0.2, 0.25) is 5.02 Å². The summed E-state index contributed by atoms with van der Waals surface area (Å²) in [5.74, 6) is -1.14. The summed E-state index contributed by atoms with van der Waals surface area (Å²) in [4.78, 5) is 24.9. The second kappa shape index (κ2) is 11.9. The molecule has 3 rings (SSSR count). The van der Waals surface area contributed by atoms with Crippen LogP contribution in [0.3, 0.4) is 0 Å². The Morgan fingerprint density at radius 1 is 1.00 bits per heavy atom. The van der Waals surface area contributed by atoms with Gasteiger partial charge in [0.2, 0.25) is 10.0 Å². The van der Waals surface area contributed by atoms with Gasteiger partial charge in [-0.3, -0.25) is 4.79 Å². The minimum absolute atomic E-state index is 0.0752. The van der Waals surface area contributed by atoms with Crippen LogP contribution in [0.4, 0.5) is 0 Å². The van der Waals surface area contributed by atoms with Gasteiger partial charge in [-0.1, -0.05) is 49.2 Å². The van der Waals surface area contributed by atoms with Gasteiger partial charge in [-0.15, -0.1) is 0 Å². The highest BCUT2D eigenvalue weighted by atomic mass is 35.5. The number of ether oxygens (including phenoxy) is 1. The van der Waals surface area contributed by atoms with E-state index < -0.39 is 27.9 Å². The number of carbonyl (C=O) groups excluding carboxylic acids is 2. The molecule has 2 N–H and O–H groups in total. The zero-order valence-corrected chi connectivity index (χ0v) is 21.5. The van der Waals surface area contributed by atoms with E-state index in [-0.39, 0.29) is 10.8 Å². The van der Waals surface area contributed by atoms with E-state index in [2.05, 4.69) is 15.2 Å². The van der Waals surface area contributed by atoms with E-state index in [1.807, 2.05) is 6.92 Å². The lowest BCUT2D eigenvalue weighted by atomic mass is 10.1. The Bertz CT molecular complexity index is 1360. The highest BCUT2D eigenvalue weighted by molar-refractivity contribution is 7.89. The first-order chi connectivity index (χ1) is 17.0. The molecule has 10 heteroatoms. The number of halogens is 1. The van der Waals surface area contributed by atoms with Gasteiger partial charge in [-0.2, -0.15) is 9.82 Å². The molecule has 0 radical (unpaired) electrons. The maximum Gasteiger partial charge on any atom is 0.343 e. The lowest BCUT2D eigenvalue weighted by molar-refractivity contribution is -0.123. The van der Waals surface area contributed by atoms with Crippen LogP contribution < -0.4 is 14.9 Å². The molecule has 0 aromatic heterocycles. The first-order valence-corrected chi connectivity index (χ1v) is 12.9. The molecule has 36 heavy (non-hydrogen) atoms. The molecule has 0 heterocycles. The number of hydrazone groups is 1. The van der Waals surface area contributed by atoms with E-state index in [4.69, 9.17) is 16.3 Å². The van der Waals surface area contributed by atoms with Crippen LogP contribution in [0.15, 0.2) is 82.8 Å². The molecule has 8 nitrogen and oxygen atoms in total. The summed E-state index contributed by atoms with van der Waals surface area (Å²) in [5.41, 5.74) is 4.25. The summed E-state index contributed by atoms with van der Waals surface area (Å²) in [5, 5.41) is 4.36. The average Bonchev–Trinajstić information content (AvgIpc) is 2.83. The summed E-state index contributed by atoms with van der Waals surface area (Å²) >= 11 is 5.90. The fraction of sp³-hybridized carbons (Fsp3) is 0.192. The molecule has 0 aliphatic carbocycles. The Morgan fingerprint density at radius 2 is 1.67 bits per heavy atom. The van der Waals surface area contributed by atoms with Crippen molar-refractivity contribution in [2.45, 2.75) is 31.7 Å². The molecule has 0 saturated heterocycles. The van der Waals surface area contributed by atoms with Crippen LogP contribution in [0.1, 0.15) is 35.3 Å². The summed E-state index contributed by atoms with van der Waals surface area (Å²) < 4.78 is 33.2. The zero-order chi connectivity index (χ0) is 26.3. The number of nitrogens with zero attached hydrogens (tertiary/aromatic N) is 1. The highest BCUT2D eigenvalue weighted by Gasteiger charge is 2.28. The number of nitrogens with one attached hydrogen (secondary N) is 2. The summed E-state index contributed by atoms with van der Waals surface area (Å²) in [7, 11) is -3.89. The van der Waals surface area contributed by atoms with E-state index in [0.717, 1.165) is 5.56 Å². The van der Waals surface area contributed by atoms with Gasteiger partial charge in [0.15, 0.2) is 0 Å². The monoisotopic (exact) mass is 527 g/mol. The van der Waals surface area contributed by atoms with Crippen molar-refractivity contribution in [3.63, 3.8) is 0 Å². The first kappa shape index (κ1) is 27.1. The van der Waals surface area contributed by atoms with Gasteiger partial charge in [0.25, 0.3) is 5.91 Å². The second-order valence-corrected chi connectivity index (χ2v) is 10.5. The number of hydrogen-bond acceptors (Lipinski definition) is 6. The molecule has 0 unspecified atom stereocenters. The van der Waals surface area contributed by atoms with Gasteiger partial charge in [0.1, 0.15) is 11.8 Å². The Kier molecular flexibility index (Phi) is 8.98. The van der Waals surface area contributed by atoms with E-state index in [1.165, 1.54) is 24.4 Å². The van der Waals surface area contributed by atoms with Crippen molar-refractivity contribution in [3.8, 4) is 5.75 Å². The molecule has 3 aromatic carbocycles. The number of esters is 1. The van der Waals surface area contributed by atoms with Crippen LogP contribution in [0.25, 0.3) is 0 Å². The summed E-state index contributed by atoms with van der Waals surface area (Å²) in [6.45, 7) is 5.32. The third kappa shape index (κ3) is 7.48. The fourth-order valence-corrected chi connectivity index (χ4v) is 4.62.